The zero-order valence-electron chi connectivity index (χ0n) is 19.5. The molecule has 0 fully saturated rings. The van der Waals surface area contributed by atoms with Gasteiger partial charge < -0.3 is 20.5 Å². The summed E-state index contributed by atoms with van der Waals surface area (Å²) in [6.45, 7) is 3.61. The largest absolute Gasteiger partial charge is 0.506 e. The number of hydrogen-bond donors (Lipinski definition) is 3. The number of carbonyl (C=O) groups is 2. The number of para-hydroxylation sites is 2. The van der Waals surface area contributed by atoms with Gasteiger partial charge in [0.15, 0.2) is 0 Å². The van der Waals surface area contributed by atoms with E-state index in [0.29, 0.717) is 28.1 Å². The van der Waals surface area contributed by atoms with Gasteiger partial charge in [-0.25, -0.2) is 0 Å². The fraction of sp³-hybridized carbons (Fsp3) is 0.0714. The Balaban J connectivity index is 1.88. The van der Waals surface area contributed by atoms with Gasteiger partial charge in [-0.1, -0.05) is 54.0 Å². The number of amides is 2. The van der Waals surface area contributed by atoms with Crippen LogP contribution < -0.4 is 15.4 Å². The number of benzene rings is 3. The summed E-state index contributed by atoms with van der Waals surface area (Å²) in [5.41, 5.74) is 1.82. The van der Waals surface area contributed by atoms with E-state index in [0.717, 1.165) is 0 Å². The number of phenolic OH excluding ortho intramolecular Hbond substituents is 1. The standard InChI is InChI=1S/C28H25BN2O4/c1-3-9-26(19(2)29)35-22-16-14-20(15-17-22)18-24(31-27(33)21-10-5-4-6-11-21)28(34)30-23-12-7-8-13-25(23)32/h3-18,32H,1-2H3,(H,30,34)(H,31,33). The van der Waals surface area contributed by atoms with Crippen LogP contribution in [0.1, 0.15) is 29.8 Å². The van der Waals surface area contributed by atoms with Crippen molar-refractivity contribution in [3.63, 3.8) is 0 Å². The van der Waals surface area contributed by atoms with E-state index in [9.17, 15) is 14.7 Å². The molecule has 0 aliphatic heterocycles. The molecule has 0 aliphatic carbocycles. The number of ether oxygens (including phenoxy) is 1. The molecule has 0 atom stereocenters. The van der Waals surface area contributed by atoms with Gasteiger partial charge in [-0.3, -0.25) is 9.59 Å². The SMILES string of the molecule is [B]C(C)=C(C=CC)Oc1ccc(C=C(NC(=O)c2ccccc2)C(=O)Nc2ccccc2O)cc1. The first-order valence-electron chi connectivity index (χ1n) is 10.9. The van der Waals surface area contributed by atoms with Crippen LogP contribution in [0.3, 0.4) is 0 Å². The maximum Gasteiger partial charge on any atom is 0.272 e. The Labute approximate surface area is 206 Å². The number of aromatic hydroxyl groups is 1. The molecule has 0 saturated heterocycles. The molecule has 3 rings (SSSR count). The third-order valence-corrected chi connectivity index (χ3v) is 4.81. The van der Waals surface area contributed by atoms with Crippen molar-refractivity contribution in [1.29, 1.82) is 0 Å². The first-order chi connectivity index (χ1) is 16.9. The van der Waals surface area contributed by atoms with Gasteiger partial charge >= 0.3 is 0 Å². The van der Waals surface area contributed by atoms with Crippen molar-refractivity contribution in [1.82, 2.24) is 5.32 Å². The minimum absolute atomic E-state index is 0.00285. The minimum atomic E-state index is -0.590. The molecule has 0 heterocycles. The first kappa shape index (κ1) is 25.1. The minimum Gasteiger partial charge on any atom is -0.506 e. The zero-order valence-corrected chi connectivity index (χ0v) is 19.5. The van der Waals surface area contributed by atoms with Crippen LogP contribution in [0, 0.1) is 0 Å². The van der Waals surface area contributed by atoms with Gasteiger partial charge in [0, 0.05) is 5.56 Å². The lowest BCUT2D eigenvalue weighted by Gasteiger charge is -2.13. The second-order valence-corrected chi connectivity index (χ2v) is 7.57. The highest BCUT2D eigenvalue weighted by Gasteiger charge is 2.16. The fourth-order valence-electron chi connectivity index (χ4n) is 3.03. The van der Waals surface area contributed by atoms with Gasteiger partial charge in [0.25, 0.3) is 11.8 Å². The van der Waals surface area contributed by atoms with E-state index >= 15 is 0 Å². The Morgan fingerprint density at radius 2 is 1.60 bits per heavy atom. The molecule has 0 spiro atoms. The molecule has 6 nitrogen and oxygen atoms in total. The molecule has 35 heavy (non-hydrogen) atoms. The Kier molecular flexibility index (Phi) is 8.67. The van der Waals surface area contributed by atoms with E-state index in [2.05, 4.69) is 10.6 Å². The Morgan fingerprint density at radius 1 is 0.943 bits per heavy atom. The van der Waals surface area contributed by atoms with E-state index in [1.165, 1.54) is 12.1 Å². The van der Waals surface area contributed by atoms with Crippen molar-refractivity contribution in [2.75, 3.05) is 5.32 Å². The molecule has 0 aliphatic rings. The van der Waals surface area contributed by atoms with E-state index < -0.39 is 11.8 Å². The zero-order chi connectivity index (χ0) is 25.2. The van der Waals surface area contributed by atoms with Crippen LogP contribution in [-0.4, -0.2) is 24.8 Å². The molecular weight excluding hydrogens is 439 g/mol. The number of anilines is 1. The average molecular weight is 464 g/mol. The maximum absolute atomic E-state index is 13.0. The summed E-state index contributed by atoms with van der Waals surface area (Å²) in [7, 11) is 5.86. The predicted molar refractivity (Wildman–Crippen MR) is 139 cm³/mol. The van der Waals surface area contributed by atoms with E-state index in [1.807, 2.05) is 13.0 Å². The molecule has 2 radical (unpaired) electrons. The monoisotopic (exact) mass is 464 g/mol. The van der Waals surface area contributed by atoms with Crippen molar-refractivity contribution >= 4 is 31.4 Å². The second-order valence-electron chi connectivity index (χ2n) is 7.57. The second kappa shape index (κ2) is 12.1. The third-order valence-electron chi connectivity index (χ3n) is 4.81. The molecule has 0 bridgehead atoms. The van der Waals surface area contributed by atoms with Crippen molar-refractivity contribution in [3.05, 3.63) is 119 Å². The Morgan fingerprint density at radius 3 is 2.23 bits per heavy atom. The Bertz CT molecular complexity index is 1280. The molecule has 3 aromatic rings. The smallest absolute Gasteiger partial charge is 0.272 e. The molecule has 2 amide bonds. The molecule has 3 aromatic carbocycles. The predicted octanol–water partition coefficient (Wildman–Crippen LogP) is 5.16. The number of phenols is 1. The highest BCUT2D eigenvalue weighted by atomic mass is 16.5. The molecule has 0 unspecified atom stereocenters. The summed E-state index contributed by atoms with van der Waals surface area (Å²) >= 11 is 0. The summed E-state index contributed by atoms with van der Waals surface area (Å²) in [5.74, 6) is -0.0181. The van der Waals surface area contributed by atoms with Crippen molar-refractivity contribution in [3.8, 4) is 11.5 Å². The lowest BCUT2D eigenvalue weighted by atomic mass is 9.96. The number of allylic oxidation sites excluding steroid dienone is 3. The van der Waals surface area contributed by atoms with Crippen molar-refractivity contribution < 1.29 is 19.4 Å². The number of hydrogen-bond acceptors (Lipinski definition) is 4. The van der Waals surface area contributed by atoms with Crippen LogP contribution >= 0.6 is 0 Å². The topological polar surface area (TPSA) is 87.7 Å². The van der Waals surface area contributed by atoms with Crippen molar-refractivity contribution in [2.45, 2.75) is 13.8 Å². The summed E-state index contributed by atoms with van der Waals surface area (Å²) in [5, 5.41) is 15.3. The van der Waals surface area contributed by atoms with Gasteiger partial charge in [-0.05, 0) is 68.0 Å². The van der Waals surface area contributed by atoms with Crippen LogP contribution in [0.4, 0.5) is 5.69 Å². The highest BCUT2D eigenvalue weighted by molar-refractivity contribution is 6.21. The molecule has 174 valence electrons. The summed E-state index contributed by atoms with van der Waals surface area (Å²) in [6.07, 6.45) is 5.13. The molecule has 0 aromatic heterocycles. The van der Waals surface area contributed by atoms with Crippen LogP contribution in [0.2, 0.25) is 0 Å². The lowest BCUT2D eigenvalue weighted by molar-refractivity contribution is -0.113. The number of nitrogens with one attached hydrogen (secondary N) is 2. The molecule has 7 heteroatoms. The maximum atomic E-state index is 13.0. The lowest BCUT2D eigenvalue weighted by Crippen LogP contribution is -2.30. The average Bonchev–Trinajstić information content (AvgIpc) is 2.86. The molecule has 3 N–H and O–H groups in total. The summed E-state index contributed by atoms with van der Waals surface area (Å²) in [6, 6.07) is 21.9. The van der Waals surface area contributed by atoms with Gasteiger partial charge in [-0.2, -0.15) is 0 Å². The first-order valence-corrected chi connectivity index (χ1v) is 10.9. The van der Waals surface area contributed by atoms with Crippen LogP contribution in [-0.2, 0) is 4.79 Å². The van der Waals surface area contributed by atoms with Gasteiger partial charge in [0.05, 0.1) is 5.69 Å². The normalized spacial score (nSPS) is 12.1. The third kappa shape index (κ3) is 7.24. The van der Waals surface area contributed by atoms with Gasteiger partial charge in [0.1, 0.15) is 30.8 Å². The summed E-state index contributed by atoms with van der Waals surface area (Å²) in [4.78, 5) is 25.8. The van der Waals surface area contributed by atoms with E-state index in [1.54, 1.807) is 85.8 Å². The molecule has 0 saturated carbocycles. The Hall–Kier alpha value is -4.52. The number of carbonyl (C=O) groups excluding carboxylic acids is 2. The van der Waals surface area contributed by atoms with Gasteiger partial charge in [0.2, 0.25) is 0 Å². The van der Waals surface area contributed by atoms with Crippen LogP contribution in [0.5, 0.6) is 11.5 Å². The fourth-order valence-corrected chi connectivity index (χ4v) is 3.03. The highest BCUT2D eigenvalue weighted by Crippen LogP contribution is 2.23. The van der Waals surface area contributed by atoms with E-state index in [4.69, 9.17) is 12.6 Å². The quantitative estimate of drug-likeness (QED) is 0.141. The van der Waals surface area contributed by atoms with Crippen molar-refractivity contribution in [2.24, 2.45) is 0 Å². The van der Waals surface area contributed by atoms with Crippen LogP contribution in [0.15, 0.2) is 108 Å². The summed E-state index contributed by atoms with van der Waals surface area (Å²) < 4.78 is 5.81. The van der Waals surface area contributed by atoms with Crippen LogP contribution in [0.25, 0.3) is 6.08 Å². The van der Waals surface area contributed by atoms with Gasteiger partial charge in [-0.15, -0.1) is 0 Å². The van der Waals surface area contributed by atoms with E-state index in [-0.39, 0.29) is 17.1 Å². The number of rotatable bonds is 8. The molecular formula is C28H25BN2O4.